The van der Waals surface area contributed by atoms with Gasteiger partial charge in [-0.15, -0.1) is 0 Å². The van der Waals surface area contributed by atoms with Crippen LogP contribution in [0.15, 0.2) is 24.5 Å². The van der Waals surface area contributed by atoms with E-state index in [9.17, 15) is 4.79 Å². The van der Waals surface area contributed by atoms with Crippen LogP contribution in [0.4, 0.5) is 0 Å². The molecule has 104 valence electrons. The Morgan fingerprint density at radius 3 is 2.89 bits per heavy atom. The highest BCUT2D eigenvalue weighted by Crippen LogP contribution is 2.16. The van der Waals surface area contributed by atoms with Gasteiger partial charge in [0.25, 0.3) is 0 Å². The number of carboxylic acid groups (broad SMARTS) is 1. The van der Waals surface area contributed by atoms with E-state index in [1.807, 2.05) is 12.3 Å². The third-order valence-corrected chi connectivity index (χ3v) is 3.33. The van der Waals surface area contributed by atoms with Crippen molar-refractivity contribution in [2.24, 2.45) is 0 Å². The summed E-state index contributed by atoms with van der Waals surface area (Å²) in [4.78, 5) is 16.9. The van der Waals surface area contributed by atoms with Crippen molar-refractivity contribution in [2.75, 3.05) is 19.7 Å². The highest BCUT2D eigenvalue weighted by molar-refractivity contribution is 5.66. The molecular weight excluding hydrogens is 244 g/mol. The van der Waals surface area contributed by atoms with Crippen LogP contribution in [-0.4, -0.2) is 46.8 Å². The fraction of sp³-hybridized carbons (Fsp3) is 0.571. The first-order chi connectivity index (χ1) is 9.24. The van der Waals surface area contributed by atoms with Gasteiger partial charge in [-0.05, 0) is 24.5 Å². The SMILES string of the molecule is O=C(O)CCOC1CCN(Cc2cccnc2)CC1. The molecular formula is C14H20N2O3. The second-order valence-electron chi connectivity index (χ2n) is 4.85. The van der Waals surface area contributed by atoms with E-state index in [4.69, 9.17) is 9.84 Å². The number of carboxylic acids is 1. The van der Waals surface area contributed by atoms with Crippen LogP contribution < -0.4 is 0 Å². The number of carbonyl (C=O) groups is 1. The third kappa shape index (κ3) is 4.96. The van der Waals surface area contributed by atoms with E-state index in [2.05, 4.69) is 16.0 Å². The van der Waals surface area contributed by atoms with Crippen molar-refractivity contribution in [1.82, 2.24) is 9.88 Å². The van der Waals surface area contributed by atoms with Gasteiger partial charge in [-0.25, -0.2) is 0 Å². The minimum Gasteiger partial charge on any atom is -0.481 e. The van der Waals surface area contributed by atoms with Crippen LogP contribution in [0.25, 0.3) is 0 Å². The topological polar surface area (TPSA) is 62.7 Å². The summed E-state index contributed by atoms with van der Waals surface area (Å²) in [6.45, 7) is 3.23. The average molecular weight is 264 g/mol. The quantitative estimate of drug-likeness (QED) is 0.844. The molecule has 0 amide bonds. The van der Waals surface area contributed by atoms with E-state index in [0.717, 1.165) is 32.5 Å². The van der Waals surface area contributed by atoms with Gasteiger partial charge >= 0.3 is 5.97 Å². The molecule has 0 aliphatic carbocycles. The Labute approximate surface area is 113 Å². The van der Waals surface area contributed by atoms with E-state index in [0.29, 0.717) is 6.61 Å². The fourth-order valence-corrected chi connectivity index (χ4v) is 2.30. The number of hydrogen-bond donors (Lipinski definition) is 1. The zero-order chi connectivity index (χ0) is 13.5. The first kappa shape index (κ1) is 14.0. The molecule has 1 aliphatic heterocycles. The number of aromatic nitrogens is 1. The Bertz CT molecular complexity index is 389. The molecule has 2 rings (SSSR count). The van der Waals surface area contributed by atoms with E-state index in [1.165, 1.54) is 5.56 Å². The van der Waals surface area contributed by atoms with Gasteiger partial charge in [-0.1, -0.05) is 6.07 Å². The lowest BCUT2D eigenvalue weighted by molar-refractivity contribution is -0.138. The van der Waals surface area contributed by atoms with E-state index < -0.39 is 5.97 Å². The number of nitrogens with zero attached hydrogens (tertiary/aromatic N) is 2. The average Bonchev–Trinajstić information content (AvgIpc) is 2.42. The van der Waals surface area contributed by atoms with Crippen LogP contribution in [0.1, 0.15) is 24.8 Å². The molecule has 0 saturated carbocycles. The van der Waals surface area contributed by atoms with Gasteiger partial charge in [0.2, 0.25) is 0 Å². The summed E-state index contributed by atoms with van der Waals surface area (Å²) < 4.78 is 5.57. The maximum Gasteiger partial charge on any atom is 0.305 e. The zero-order valence-electron chi connectivity index (χ0n) is 11.0. The van der Waals surface area contributed by atoms with Gasteiger partial charge in [0.15, 0.2) is 0 Å². The van der Waals surface area contributed by atoms with Crippen LogP contribution in [-0.2, 0) is 16.1 Å². The summed E-state index contributed by atoms with van der Waals surface area (Å²) in [5.74, 6) is -0.797. The molecule has 0 unspecified atom stereocenters. The van der Waals surface area contributed by atoms with Crippen molar-refractivity contribution in [3.8, 4) is 0 Å². The molecule has 0 atom stereocenters. The zero-order valence-corrected chi connectivity index (χ0v) is 11.0. The van der Waals surface area contributed by atoms with Gasteiger partial charge in [0, 0.05) is 32.0 Å². The lowest BCUT2D eigenvalue weighted by Crippen LogP contribution is -2.36. The maximum atomic E-state index is 10.4. The molecule has 0 bridgehead atoms. The molecule has 2 heterocycles. The van der Waals surface area contributed by atoms with Crippen molar-refractivity contribution in [3.63, 3.8) is 0 Å². The summed E-state index contributed by atoms with van der Waals surface area (Å²) in [7, 11) is 0. The monoisotopic (exact) mass is 264 g/mol. The van der Waals surface area contributed by atoms with Gasteiger partial charge in [0.1, 0.15) is 0 Å². The van der Waals surface area contributed by atoms with Crippen molar-refractivity contribution in [2.45, 2.75) is 31.9 Å². The summed E-state index contributed by atoms with van der Waals surface area (Å²) >= 11 is 0. The van der Waals surface area contributed by atoms with Crippen LogP contribution in [0.2, 0.25) is 0 Å². The molecule has 5 heteroatoms. The Kier molecular flexibility index (Phi) is 5.30. The summed E-state index contributed by atoms with van der Waals surface area (Å²) in [5.41, 5.74) is 1.23. The molecule has 1 saturated heterocycles. The second-order valence-corrected chi connectivity index (χ2v) is 4.85. The molecule has 1 aromatic rings. The number of hydrogen-bond acceptors (Lipinski definition) is 4. The third-order valence-electron chi connectivity index (χ3n) is 3.33. The summed E-state index contributed by atoms with van der Waals surface area (Å²) in [6, 6.07) is 4.04. The second kappa shape index (κ2) is 7.21. The first-order valence-electron chi connectivity index (χ1n) is 6.68. The molecule has 0 aromatic carbocycles. The van der Waals surface area contributed by atoms with Crippen LogP contribution in [0.5, 0.6) is 0 Å². The summed E-state index contributed by atoms with van der Waals surface area (Å²) in [5, 5.41) is 8.55. The highest BCUT2D eigenvalue weighted by Gasteiger charge is 2.19. The highest BCUT2D eigenvalue weighted by atomic mass is 16.5. The lowest BCUT2D eigenvalue weighted by atomic mass is 10.1. The first-order valence-corrected chi connectivity index (χ1v) is 6.68. The molecule has 19 heavy (non-hydrogen) atoms. The van der Waals surface area contributed by atoms with Gasteiger partial charge in [-0.3, -0.25) is 14.7 Å². The van der Waals surface area contributed by atoms with Gasteiger partial charge in [0.05, 0.1) is 19.1 Å². The van der Waals surface area contributed by atoms with Crippen LogP contribution in [0, 0.1) is 0 Å². The van der Waals surface area contributed by atoms with Crippen molar-refractivity contribution >= 4 is 5.97 Å². The Morgan fingerprint density at radius 2 is 2.26 bits per heavy atom. The predicted octanol–water partition coefficient (Wildman–Crippen LogP) is 1.54. The molecule has 1 aromatic heterocycles. The molecule has 1 aliphatic rings. The number of likely N-dealkylation sites (tertiary alicyclic amines) is 1. The van der Waals surface area contributed by atoms with Crippen molar-refractivity contribution in [3.05, 3.63) is 30.1 Å². The molecule has 1 N–H and O–H groups in total. The maximum absolute atomic E-state index is 10.4. The van der Waals surface area contributed by atoms with E-state index >= 15 is 0 Å². The number of piperidine rings is 1. The molecule has 1 fully saturated rings. The number of ether oxygens (including phenoxy) is 1. The fourth-order valence-electron chi connectivity index (χ4n) is 2.30. The summed E-state index contributed by atoms with van der Waals surface area (Å²) in [6.07, 6.45) is 5.93. The smallest absolute Gasteiger partial charge is 0.305 e. The van der Waals surface area contributed by atoms with Crippen molar-refractivity contribution < 1.29 is 14.6 Å². The van der Waals surface area contributed by atoms with Gasteiger partial charge in [-0.2, -0.15) is 0 Å². The van der Waals surface area contributed by atoms with Gasteiger partial charge < -0.3 is 9.84 Å². The Morgan fingerprint density at radius 1 is 1.47 bits per heavy atom. The van der Waals surface area contributed by atoms with E-state index in [-0.39, 0.29) is 12.5 Å². The van der Waals surface area contributed by atoms with Crippen LogP contribution in [0.3, 0.4) is 0 Å². The molecule has 0 spiro atoms. The largest absolute Gasteiger partial charge is 0.481 e. The number of rotatable bonds is 6. The Hall–Kier alpha value is -1.46. The van der Waals surface area contributed by atoms with Crippen LogP contribution >= 0.6 is 0 Å². The predicted molar refractivity (Wildman–Crippen MR) is 70.7 cm³/mol. The standard InChI is InChI=1S/C14H20N2O3/c17-14(18)5-9-19-13-3-7-16(8-4-13)11-12-2-1-6-15-10-12/h1-2,6,10,13H,3-5,7-9,11H2,(H,17,18). The van der Waals surface area contributed by atoms with E-state index in [1.54, 1.807) is 6.20 Å². The molecule has 5 nitrogen and oxygen atoms in total. The Balaban J connectivity index is 1.66. The normalized spacial score (nSPS) is 17.5. The minimum atomic E-state index is -0.797. The number of pyridine rings is 1. The molecule has 0 radical (unpaired) electrons. The van der Waals surface area contributed by atoms with Crippen molar-refractivity contribution in [1.29, 1.82) is 0 Å². The minimum absolute atomic E-state index is 0.0932. The lowest BCUT2D eigenvalue weighted by Gasteiger charge is -2.31. The number of aliphatic carboxylic acids is 1.